The van der Waals surface area contributed by atoms with E-state index in [1.54, 1.807) is 0 Å². The van der Waals surface area contributed by atoms with Crippen molar-refractivity contribution in [2.24, 2.45) is 10.7 Å². The fraction of sp³-hybridized carbons (Fsp3) is 0.500. The van der Waals surface area contributed by atoms with Gasteiger partial charge in [0.25, 0.3) is 0 Å². The monoisotopic (exact) mass is 280 g/mol. The van der Waals surface area contributed by atoms with Gasteiger partial charge < -0.3 is 15.5 Å². The largest absolute Gasteiger partial charge is 0.370 e. The third-order valence-electron chi connectivity index (χ3n) is 3.47. The predicted octanol–water partition coefficient (Wildman–Crippen LogP) is 1.88. The van der Waals surface area contributed by atoms with Crippen LogP contribution in [0.2, 0.25) is 5.02 Å². The van der Waals surface area contributed by atoms with Gasteiger partial charge in [0.2, 0.25) is 0 Å². The van der Waals surface area contributed by atoms with Crippen molar-refractivity contribution in [1.82, 2.24) is 9.80 Å². The second kappa shape index (κ2) is 5.80. The Balaban J connectivity index is 2.16. The molecule has 1 aromatic rings. The molecule has 0 aromatic heterocycles. The van der Waals surface area contributed by atoms with Crippen molar-refractivity contribution in [2.45, 2.75) is 13.0 Å². The van der Waals surface area contributed by atoms with E-state index >= 15 is 0 Å². The molecule has 2 rings (SSSR count). The Kier molecular flexibility index (Phi) is 4.32. The van der Waals surface area contributed by atoms with Crippen LogP contribution in [0, 0.1) is 6.92 Å². The molecule has 1 unspecified atom stereocenters. The summed E-state index contributed by atoms with van der Waals surface area (Å²) >= 11 is 6.21. The van der Waals surface area contributed by atoms with E-state index in [0.29, 0.717) is 12.5 Å². The van der Waals surface area contributed by atoms with Crippen LogP contribution < -0.4 is 5.73 Å². The number of likely N-dealkylation sites (N-methyl/N-ethyl adjacent to an activating group) is 1. The van der Waals surface area contributed by atoms with Crippen LogP contribution in [-0.2, 0) is 0 Å². The average Bonchev–Trinajstić information content (AvgIpc) is 2.71. The summed E-state index contributed by atoms with van der Waals surface area (Å²) in [4.78, 5) is 8.66. The van der Waals surface area contributed by atoms with Gasteiger partial charge in [-0.05, 0) is 38.2 Å². The molecule has 0 spiro atoms. The van der Waals surface area contributed by atoms with Gasteiger partial charge in [-0.3, -0.25) is 4.99 Å². The van der Waals surface area contributed by atoms with Crippen molar-refractivity contribution in [2.75, 3.05) is 33.7 Å². The van der Waals surface area contributed by atoms with E-state index in [2.05, 4.69) is 41.0 Å². The predicted molar refractivity (Wildman–Crippen MR) is 80.7 cm³/mol. The summed E-state index contributed by atoms with van der Waals surface area (Å²) in [5, 5.41) is 0.801. The van der Waals surface area contributed by atoms with Gasteiger partial charge in [-0.1, -0.05) is 23.7 Å². The smallest absolute Gasteiger partial charge is 0.191 e. The summed E-state index contributed by atoms with van der Waals surface area (Å²) < 4.78 is 0. The van der Waals surface area contributed by atoms with Crippen molar-refractivity contribution in [3.05, 3.63) is 34.3 Å². The van der Waals surface area contributed by atoms with Crippen LogP contribution in [0.4, 0.5) is 0 Å². The van der Waals surface area contributed by atoms with Crippen LogP contribution in [-0.4, -0.2) is 49.5 Å². The number of rotatable bonds is 4. The Morgan fingerprint density at radius 1 is 1.47 bits per heavy atom. The minimum absolute atomic E-state index is 0.207. The lowest BCUT2D eigenvalue weighted by molar-refractivity contribution is 0.293. The van der Waals surface area contributed by atoms with Crippen molar-refractivity contribution >= 4 is 17.6 Å². The highest BCUT2D eigenvalue weighted by Crippen LogP contribution is 2.28. The maximum absolute atomic E-state index is 6.21. The Morgan fingerprint density at radius 2 is 2.21 bits per heavy atom. The first kappa shape index (κ1) is 14.2. The van der Waals surface area contributed by atoms with Crippen molar-refractivity contribution in [3.8, 4) is 0 Å². The molecule has 2 N–H and O–H groups in total. The summed E-state index contributed by atoms with van der Waals surface area (Å²) in [7, 11) is 4.11. The molecule has 1 atom stereocenters. The molecule has 1 aliphatic heterocycles. The van der Waals surface area contributed by atoms with Crippen LogP contribution >= 0.6 is 11.6 Å². The lowest BCUT2D eigenvalue weighted by Crippen LogP contribution is -2.40. The summed E-state index contributed by atoms with van der Waals surface area (Å²) in [6, 6.07) is 6.40. The fourth-order valence-corrected chi connectivity index (χ4v) is 2.40. The zero-order valence-corrected chi connectivity index (χ0v) is 12.5. The van der Waals surface area contributed by atoms with Gasteiger partial charge in [0.1, 0.15) is 0 Å². The van der Waals surface area contributed by atoms with E-state index < -0.39 is 0 Å². The Labute approximate surface area is 119 Å². The molecule has 0 saturated carbocycles. The highest BCUT2D eigenvalue weighted by molar-refractivity contribution is 6.31. The first-order chi connectivity index (χ1) is 8.99. The fourth-order valence-electron chi connectivity index (χ4n) is 2.21. The number of guanidine groups is 1. The van der Waals surface area contributed by atoms with Crippen LogP contribution in [0.25, 0.3) is 0 Å². The van der Waals surface area contributed by atoms with Gasteiger partial charge in [-0.2, -0.15) is 0 Å². The Morgan fingerprint density at radius 3 is 2.84 bits per heavy atom. The third kappa shape index (κ3) is 3.19. The van der Waals surface area contributed by atoms with Crippen molar-refractivity contribution < 1.29 is 0 Å². The summed E-state index contributed by atoms with van der Waals surface area (Å²) in [6.07, 6.45) is 0. The van der Waals surface area contributed by atoms with Gasteiger partial charge in [-0.25, -0.2) is 0 Å². The maximum Gasteiger partial charge on any atom is 0.191 e. The topological polar surface area (TPSA) is 44.9 Å². The molecule has 1 heterocycles. The highest BCUT2D eigenvalue weighted by Gasteiger charge is 2.27. The molecule has 0 fully saturated rings. The Bertz CT molecular complexity index is 484. The number of benzene rings is 1. The lowest BCUT2D eigenvalue weighted by atomic mass is 10.0. The summed E-state index contributed by atoms with van der Waals surface area (Å²) in [6.45, 7) is 4.54. The normalized spacial score (nSPS) is 19.1. The molecule has 0 radical (unpaired) electrons. The van der Waals surface area contributed by atoms with Gasteiger partial charge >= 0.3 is 0 Å². The van der Waals surface area contributed by atoms with Crippen LogP contribution in [0.15, 0.2) is 23.2 Å². The number of nitrogens with zero attached hydrogens (tertiary/aromatic N) is 3. The molecule has 104 valence electrons. The number of aryl methyl sites for hydroxylation is 1. The summed E-state index contributed by atoms with van der Waals surface area (Å²) in [5.41, 5.74) is 8.26. The second-order valence-corrected chi connectivity index (χ2v) is 5.63. The molecule has 19 heavy (non-hydrogen) atoms. The van der Waals surface area contributed by atoms with E-state index in [0.717, 1.165) is 23.7 Å². The third-order valence-corrected chi connectivity index (χ3v) is 3.87. The van der Waals surface area contributed by atoms with Gasteiger partial charge in [-0.15, -0.1) is 0 Å². The van der Waals surface area contributed by atoms with Crippen molar-refractivity contribution in [1.29, 1.82) is 0 Å². The number of aliphatic imine (C=N–C) groups is 1. The van der Waals surface area contributed by atoms with E-state index in [1.165, 1.54) is 5.56 Å². The molecule has 0 bridgehead atoms. The van der Waals surface area contributed by atoms with E-state index in [-0.39, 0.29) is 6.04 Å². The van der Waals surface area contributed by atoms with Crippen LogP contribution in [0.5, 0.6) is 0 Å². The van der Waals surface area contributed by atoms with Crippen molar-refractivity contribution in [3.63, 3.8) is 0 Å². The SMILES string of the molecule is Cc1ccc(C2CN=C(N)N2CCN(C)C)cc1Cl. The molecule has 0 saturated heterocycles. The maximum atomic E-state index is 6.21. The van der Waals surface area contributed by atoms with E-state index in [1.807, 2.05) is 13.0 Å². The minimum atomic E-state index is 0.207. The number of nitrogens with two attached hydrogens (primary N) is 1. The van der Waals surface area contributed by atoms with E-state index in [4.69, 9.17) is 17.3 Å². The molecule has 0 aliphatic carbocycles. The van der Waals surface area contributed by atoms with Gasteiger partial charge in [0, 0.05) is 18.1 Å². The Hall–Kier alpha value is -1.26. The molecule has 1 aromatic carbocycles. The van der Waals surface area contributed by atoms with Gasteiger partial charge in [0.15, 0.2) is 5.96 Å². The minimum Gasteiger partial charge on any atom is -0.370 e. The number of hydrogen-bond acceptors (Lipinski definition) is 4. The molecular weight excluding hydrogens is 260 g/mol. The first-order valence-corrected chi connectivity index (χ1v) is 6.84. The molecule has 5 heteroatoms. The quantitative estimate of drug-likeness (QED) is 0.916. The highest BCUT2D eigenvalue weighted by atomic mass is 35.5. The average molecular weight is 281 g/mol. The van der Waals surface area contributed by atoms with Crippen LogP contribution in [0.1, 0.15) is 17.2 Å². The molecule has 4 nitrogen and oxygen atoms in total. The second-order valence-electron chi connectivity index (χ2n) is 5.22. The molecular formula is C14H21ClN4. The van der Waals surface area contributed by atoms with Gasteiger partial charge in [0.05, 0.1) is 12.6 Å². The van der Waals surface area contributed by atoms with Crippen LogP contribution in [0.3, 0.4) is 0 Å². The first-order valence-electron chi connectivity index (χ1n) is 6.46. The van der Waals surface area contributed by atoms with E-state index in [9.17, 15) is 0 Å². The number of hydrogen-bond donors (Lipinski definition) is 1. The lowest BCUT2D eigenvalue weighted by Gasteiger charge is -2.28. The summed E-state index contributed by atoms with van der Waals surface area (Å²) in [5.74, 6) is 0.628. The molecule has 0 amide bonds. The number of halogens is 1. The standard InChI is InChI=1S/C14H21ClN4/c1-10-4-5-11(8-12(10)15)13-9-17-14(16)19(13)7-6-18(2)3/h4-5,8,13H,6-7,9H2,1-3H3,(H2,16,17). The zero-order valence-electron chi connectivity index (χ0n) is 11.7. The zero-order chi connectivity index (χ0) is 14.0. The molecule has 1 aliphatic rings.